The molecule has 0 amide bonds. The van der Waals surface area contributed by atoms with E-state index in [1.165, 1.54) is 0 Å². The fourth-order valence-corrected chi connectivity index (χ4v) is 4.36. The van der Waals surface area contributed by atoms with Crippen LogP contribution in [0.3, 0.4) is 0 Å². The van der Waals surface area contributed by atoms with E-state index in [9.17, 15) is 5.11 Å². The predicted molar refractivity (Wildman–Crippen MR) is 122 cm³/mol. The zero-order valence-corrected chi connectivity index (χ0v) is 19.2. The summed E-state index contributed by atoms with van der Waals surface area (Å²) < 4.78 is 11.0. The Morgan fingerprint density at radius 1 is 1.06 bits per heavy atom. The number of benzene rings is 1. The van der Waals surface area contributed by atoms with Crippen molar-refractivity contribution in [1.82, 2.24) is 15.0 Å². The summed E-state index contributed by atoms with van der Waals surface area (Å²) in [7, 11) is 3.18. The van der Waals surface area contributed by atoms with Crippen molar-refractivity contribution in [2.45, 2.75) is 39.2 Å². The van der Waals surface area contributed by atoms with E-state index in [4.69, 9.17) is 31.0 Å². The van der Waals surface area contributed by atoms with Crippen molar-refractivity contribution >= 4 is 28.3 Å². The molecular weight excluding hydrogens is 416 g/mol. The number of anilines is 1. The summed E-state index contributed by atoms with van der Waals surface area (Å²) in [5.74, 6) is 2.46. The number of aromatic nitrogens is 3. The van der Waals surface area contributed by atoms with Crippen LogP contribution in [-0.2, 0) is 0 Å². The van der Waals surface area contributed by atoms with Gasteiger partial charge in [-0.3, -0.25) is 4.98 Å². The number of aliphatic hydroxyl groups is 1. The van der Waals surface area contributed by atoms with E-state index >= 15 is 0 Å². The van der Waals surface area contributed by atoms with Crippen LogP contribution in [0.5, 0.6) is 11.5 Å². The summed E-state index contributed by atoms with van der Waals surface area (Å²) in [6.45, 7) is 7.17. The second-order valence-electron chi connectivity index (χ2n) is 8.29. The molecule has 1 N–H and O–H groups in total. The molecule has 31 heavy (non-hydrogen) atoms. The summed E-state index contributed by atoms with van der Waals surface area (Å²) >= 11 is 6.71. The highest BCUT2D eigenvalue weighted by molar-refractivity contribution is 6.35. The normalized spacial score (nSPS) is 15.9. The van der Waals surface area contributed by atoms with E-state index in [0.29, 0.717) is 53.8 Å². The van der Waals surface area contributed by atoms with Crippen LogP contribution in [-0.4, -0.2) is 53.0 Å². The first-order valence-electron chi connectivity index (χ1n) is 10.3. The van der Waals surface area contributed by atoms with E-state index in [-0.39, 0.29) is 0 Å². The van der Waals surface area contributed by atoms with Gasteiger partial charge in [0.1, 0.15) is 17.3 Å². The lowest BCUT2D eigenvalue weighted by molar-refractivity contribution is 0.0350. The van der Waals surface area contributed by atoms with Crippen molar-refractivity contribution < 1.29 is 14.6 Å². The molecule has 1 aliphatic heterocycles. The Labute approximate surface area is 187 Å². The number of methoxy groups -OCH3 is 2. The van der Waals surface area contributed by atoms with E-state index in [0.717, 1.165) is 28.0 Å². The summed E-state index contributed by atoms with van der Waals surface area (Å²) in [6.07, 6.45) is 3.11. The quantitative estimate of drug-likeness (QED) is 0.644. The minimum Gasteiger partial charge on any atom is -0.496 e. The van der Waals surface area contributed by atoms with Gasteiger partial charge >= 0.3 is 0 Å². The maximum Gasteiger partial charge on any atom is 0.164 e. The third kappa shape index (κ3) is 4.00. The first-order valence-corrected chi connectivity index (χ1v) is 10.6. The molecule has 0 radical (unpaired) electrons. The van der Waals surface area contributed by atoms with Crippen LogP contribution in [0.4, 0.5) is 5.82 Å². The largest absolute Gasteiger partial charge is 0.496 e. The Morgan fingerprint density at radius 2 is 1.74 bits per heavy atom. The van der Waals surface area contributed by atoms with Gasteiger partial charge in [0.2, 0.25) is 0 Å². The lowest BCUT2D eigenvalue weighted by atomic mass is 9.93. The molecule has 0 spiro atoms. The van der Waals surface area contributed by atoms with Crippen LogP contribution in [0.2, 0.25) is 5.02 Å². The van der Waals surface area contributed by atoms with Crippen LogP contribution in [0.1, 0.15) is 31.0 Å². The SMILES string of the molecule is COc1cc(OC)c(Cl)c(-c2nc(N3CCC(C)(O)CC3)c3cc(C)ncc3n2)c1C. The molecule has 2 aromatic heterocycles. The maximum atomic E-state index is 10.4. The van der Waals surface area contributed by atoms with Crippen molar-refractivity contribution in [2.24, 2.45) is 0 Å². The molecule has 4 rings (SSSR count). The first kappa shape index (κ1) is 21.6. The van der Waals surface area contributed by atoms with Crippen molar-refractivity contribution in [1.29, 1.82) is 0 Å². The van der Waals surface area contributed by atoms with Crippen molar-refractivity contribution in [3.63, 3.8) is 0 Å². The number of aryl methyl sites for hydroxylation is 1. The highest BCUT2D eigenvalue weighted by atomic mass is 35.5. The molecular formula is C23H27ClN4O3. The molecule has 0 atom stereocenters. The first-order chi connectivity index (χ1) is 14.7. The summed E-state index contributed by atoms with van der Waals surface area (Å²) in [4.78, 5) is 16.4. The molecule has 1 aromatic carbocycles. The van der Waals surface area contributed by atoms with Crippen molar-refractivity contribution in [3.05, 3.63) is 34.6 Å². The van der Waals surface area contributed by atoms with E-state index in [2.05, 4.69) is 9.88 Å². The second kappa shape index (κ2) is 8.13. The highest BCUT2D eigenvalue weighted by Gasteiger charge is 2.30. The summed E-state index contributed by atoms with van der Waals surface area (Å²) in [6, 6.07) is 3.77. The lowest BCUT2D eigenvalue weighted by Crippen LogP contribution is -2.42. The average Bonchev–Trinajstić information content (AvgIpc) is 2.74. The lowest BCUT2D eigenvalue weighted by Gasteiger charge is -2.37. The third-order valence-electron chi connectivity index (χ3n) is 5.94. The maximum absolute atomic E-state index is 10.4. The molecule has 0 saturated carbocycles. The Kier molecular flexibility index (Phi) is 5.66. The zero-order valence-electron chi connectivity index (χ0n) is 18.5. The number of hydrogen-bond acceptors (Lipinski definition) is 7. The number of nitrogens with zero attached hydrogens (tertiary/aromatic N) is 4. The molecule has 164 valence electrons. The Bertz CT molecular complexity index is 1110. The van der Waals surface area contributed by atoms with Crippen molar-refractivity contribution in [3.8, 4) is 22.9 Å². The van der Waals surface area contributed by atoms with E-state index in [1.54, 1.807) is 26.5 Å². The number of piperidine rings is 1. The summed E-state index contributed by atoms with van der Waals surface area (Å²) in [5, 5.41) is 11.8. The number of halogens is 1. The van der Waals surface area contributed by atoms with E-state index < -0.39 is 5.60 Å². The van der Waals surface area contributed by atoms with Gasteiger partial charge in [0.05, 0.1) is 36.6 Å². The van der Waals surface area contributed by atoms with Crippen LogP contribution in [0.25, 0.3) is 22.3 Å². The number of hydrogen-bond donors (Lipinski definition) is 1. The standard InChI is InChI=1S/C23H27ClN4O3/c1-13-10-15-16(12-25-13)26-21(27-22(15)28-8-6-23(3,29)7-9-28)19-14(2)17(30-4)11-18(31-5)20(19)24/h10-12,29H,6-9H2,1-5H3. The van der Waals surface area contributed by atoms with Crippen LogP contribution in [0.15, 0.2) is 18.3 Å². The minimum absolute atomic E-state index is 0.438. The second-order valence-corrected chi connectivity index (χ2v) is 8.67. The Balaban J connectivity index is 1.94. The monoisotopic (exact) mass is 442 g/mol. The molecule has 0 unspecified atom stereocenters. The third-order valence-corrected chi connectivity index (χ3v) is 6.32. The molecule has 1 aliphatic rings. The van der Waals surface area contributed by atoms with Gasteiger partial charge in [-0.2, -0.15) is 0 Å². The molecule has 7 nitrogen and oxygen atoms in total. The Morgan fingerprint density at radius 3 is 2.39 bits per heavy atom. The highest BCUT2D eigenvalue weighted by Crippen LogP contribution is 2.43. The van der Waals surface area contributed by atoms with Gasteiger partial charge in [0, 0.05) is 41.4 Å². The molecule has 1 saturated heterocycles. The molecule has 0 aliphatic carbocycles. The van der Waals surface area contributed by atoms with Gasteiger partial charge in [-0.1, -0.05) is 11.6 Å². The molecule has 3 aromatic rings. The molecule has 0 bridgehead atoms. The van der Waals surface area contributed by atoms with E-state index in [1.807, 2.05) is 26.8 Å². The van der Waals surface area contributed by atoms with Crippen LogP contribution in [0, 0.1) is 13.8 Å². The zero-order chi connectivity index (χ0) is 22.3. The molecule has 3 heterocycles. The van der Waals surface area contributed by atoms with Gasteiger partial charge in [-0.05, 0) is 39.7 Å². The minimum atomic E-state index is -0.653. The smallest absolute Gasteiger partial charge is 0.164 e. The number of fused-ring (bicyclic) bond motifs is 1. The molecule has 1 fully saturated rings. The van der Waals surface area contributed by atoms with Crippen molar-refractivity contribution in [2.75, 3.05) is 32.2 Å². The predicted octanol–water partition coefficient (Wildman–Crippen LogP) is 4.33. The van der Waals surface area contributed by atoms with Gasteiger partial charge in [0.25, 0.3) is 0 Å². The van der Waals surface area contributed by atoms with Crippen LogP contribution >= 0.6 is 11.6 Å². The summed E-state index contributed by atoms with van der Waals surface area (Å²) in [5.41, 5.74) is 2.48. The average molecular weight is 443 g/mol. The van der Waals surface area contributed by atoms with Gasteiger partial charge in [-0.15, -0.1) is 0 Å². The number of ether oxygens (including phenoxy) is 2. The van der Waals surface area contributed by atoms with Gasteiger partial charge in [-0.25, -0.2) is 9.97 Å². The fourth-order valence-electron chi connectivity index (χ4n) is 4.00. The molecule has 8 heteroatoms. The fraction of sp³-hybridized carbons (Fsp3) is 0.435. The van der Waals surface area contributed by atoms with Gasteiger partial charge in [0.15, 0.2) is 5.82 Å². The Hall–Kier alpha value is -2.64. The number of rotatable bonds is 4. The van der Waals surface area contributed by atoms with Crippen LogP contribution < -0.4 is 14.4 Å². The number of pyridine rings is 1. The topological polar surface area (TPSA) is 80.6 Å². The van der Waals surface area contributed by atoms with Gasteiger partial charge < -0.3 is 19.5 Å².